The van der Waals surface area contributed by atoms with Crippen LogP contribution in [-0.4, -0.2) is 37.9 Å². The predicted molar refractivity (Wildman–Crippen MR) is 103 cm³/mol. The van der Waals surface area contributed by atoms with E-state index >= 15 is 0 Å². The molecule has 2 aromatic rings. The van der Waals surface area contributed by atoms with Crippen LogP contribution in [0.4, 0.5) is 5.69 Å². The molecule has 0 spiro atoms. The second-order valence-electron chi connectivity index (χ2n) is 5.83. The first-order chi connectivity index (χ1) is 13.4. The van der Waals surface area contributed by atoms with Crippen LogP contribution in [0.15, 0.2) is 35.4 Å². The number of methoxy groups -OCH3 is 2. The minimum absolute atomic E-state index is 0.0602. The fourth-order valence-electron chi connectivity index (χ4n) is 2.52. The Bertz CT molecular complexity index is 891. The first-order valence-electron chi connectivity index (χ1n) is 8.28. The van der Waals surface area contributed by atoms with Crippen molar-refractivity contribution >= 4 is 17.8 Å². The van der Waals surface area contributed by atoms with Crippen LogP contribution >= 0.6 is 0 Å². The van der Waals surface area contributed by atoms with Crippen molar-refractivity contribution in [3.63, 3.8) is 0 Å². The maximum atomic E-state index is 11.9. The summed E-state index contributed by atoms with van der Waals surface area (Å²) in [6, 6.07) is 8.32. The Kier molecular flexibility index (Phi) is 6.91. The zero-order valence-electron chi connectivity index (χ0n) is 16.0. The molecule has 28 heavy (non-hydrogen) atoms. The lowest BCUT2D eigenvalue weighted by atomic mass is 10.1. The lowest BCUT2D eigenvalue weighted by Crippen LogP contribution is -2.25. The Balaban J connectivity index is 2.06. The van der Waals surface area contributed by atoms with Crippen LogP contribution in [0.5, 0.6) is 17.2 Å². The minimum Gasteiger partial charge on any atom is -0.496 e. The van der Waals surface area contributed by atoms with Gasteiger partial charge >= 0.3 is 5.69 Å². The summed E-state index contributed by atoms with van der Waals surface area (Å²) in [4.78, 5) is 22.5. The van der Waals surface area contributed by atoms with Gasteiger partial charge in [-0.1, -0.05) is 18.2 Å². The van der Waals surface area contributed by atoms with Crippen molar-refractivity contribution in [3.8, 4) is 17.2 Å². The third-order valence-electron chi connectivity index (χ3n) is 3.88. The van der Waals surface area contributed by atoms with E-state index in [1.54, 1.807) is 0 Å². The van der Waals surface area contributed by atoms with Gasteiger partial charge in [0.25, 0.3) is 5.91 Å². The molecule has 0 heterocycles. The van der Waals surface area contributed by atoms with Crippen LogP contribution in [0.25, 0.3) is 0 Å². The van der Waals surface area contributed by atoms with Crippen molar-refractivity contribution < 1.29 is 23.9 Å². The number of carbonyl (C=O) groups is 1. The van der Waals surface area contributed by atoms with E-state index in [2.05, 4.69) is 10.5 Å². The Morgan fingerprint density at radius 3 is 2.39 bits per heavy atom. The Labute approximate surface area is 162 Å². The molecule has 0 radical (unpaired) electrons. The molecule has 0 saturated heterocycles. The van der Waals surface area contributed by atoms with Gasteiger partial charge in [0.05, 0.1) is 25.4 Å². The number of nitro benzene ring substituents is 1. The molecule has 2 rings (SSSR count). The summed E-state index contributed by atoms with van der Waals surface area (Å²) < 4.78 is 15.7. The van der Waals surface area contributed by atoms with Crippen molar-refractivity contribution in [1.82, 2.24) is 5.43 Å². The van der Waals surface area contributed by atoms with Crippen LogP contribution in [0.2, 0.25) is 0 Å². The molecule has 0 aliphatic rings. The van der Waals surface area contributed by atoms with E-state index in [1.807, 2.05) is 32.0 Å². The number of amides is 1. The number of benzene rings is 2. The summed E-state index contributed by atoms with van der Waals surface area (Å²) in [6.07, 6.45) is 1.25. The topological polar surface area (TPSA) is 112 Å². The fourth-order valence-corrected chi connectivity index (χ4v) is 2.52. The molecular weight excluding hydrogens is 366 g/mol. The smallest absolute Gasteiger partial charge is 0.311 e. The van der Waals surface area contributed by atoms with Gasteiger partial charge in [0, 0.05) is 17.7 Å². The van der Waals surface area contributed by atoms with Crippen molar-refractivity contribution in [2.75, 3.05) is 20.8 Å². The normalized spacial score (nSPS) is 10.6. The SMILES string of the molecule is COc1cc(OC)c([N+](=O)[O-])cc1C=NNC(=O)COc1c(C)cccc1C. The van der Waals surface area contributed by atoms with Crippen LogP contribution < -0.4 is 19.6 Å². The Morgan fingerprint density at radius 2 is 1.82 bits per heavy atom. The number of nitrogens with zero attached hydrogens (tertiary/aromatic N) is 2. The molecule has 0 saturated carbocycles. The molecule has 9 heteroatoms. The van der Waals surface area contributed by atoms with Crippen molar-refractivity contribution in [3.05, 3.63) is 57.1 Å². The summed E-state index contributed by atoms with van der Waals surface area (Å²) in [7, 11) is 2.74. The number of nitrogens with one attached hydrogen (secondary N) is 1. The van der Waals surface area contributed by atoms with E-state index in [1.165, 1.54) is 32.6 Å². The molecule has 0 aromatic heterocycles. The first kappa shape index (κ1) is 20.7. The lowest BCUT2D eigenvalue weighted by molar-refractivity contribution is -0.385. The zero-order chi connectivity index (χ0) is 20.7. The second kappa shape index (κ2) is 9.36. The number of hydrogen-bond donors (Lipinski definition) is 1. The molecule has 9 nitrogen and oxygen atoms in total. The van der Waals surface area contributed by atoms with Crippen LogP contribution in [0.3, 0.4) is 0 Å². The molecule has 0 aliphatic carbocycles. The number of para-hydroxylation sites is 1. The number of carbonyl (C=O) groups excluding carboxylic acids is 1. The molecule has 2 aromatic carbocycles. The fraction of sp³-hybridized carbons (Fsp3) is 0.263. The first-order valence-corrected chi connectivity index (χ1v) is 8.28. The van der Waals surface area contributed by atoms with Gasteiger partial charge in [-0.25, -0.2) is 5.43 Å². The van der Waals surface area contributed by atoms with E-state index in [9.17, 15) is 14.9 Å². The zero-order valence-corrected chi connectivity index (χ0v) is 16.0. The second-order valence-corrected chi connectivity index (χ2v) is 5.83. The number of aryl methyl sites for hydroxylation is 2. The number of nitro groups is 1. The van der Waals surface area contributed by atoms with Gasteiger partial charge in [-0.2, -0.15) is 5.10 Å². The number of rotatable bonds is 8. The highest BCUT2D eigenvalue weighted by molar-refractivity contribution is 5.87. The van der Waals surface area contributed by atoms with Crippen LogP contribution in [-0.2, 0) is 4.79 Å². The molecule has 0 aliphatic heterocycles. The monoisotopic (exact) mass is 387 g/mol. The number of hydrazone groups is 1. The molecule has 0 fully saturated rings. The largest absolute Gasteiger partial charge is 0.496 e. The van der Waals surface area contributed by atoms with Gasteiger partial charge < -0.3 is 14.2 Å². The van der Waals surface area contributed by atoms with Crippen LogP contribution in [0, 0.1) is 24.0 Å². The van der Waals surface area contributed by atoms with Gasteiger partial charge in [0.1, 0.15) is 11.5 Å². The van der Waals surface area contributed by atoms with Crippen molar-refractivity contribution in [2.45, 2.75) is 13.8 Å². The van der Waals surface area contributed by atoms with Crippen molar-refractivity contribution in [2.24, 2.45) is 5.10 Å². The average Bonchev–Trinajstić information content (AvgIpc) is 2.67. The quantitative estimate of drug-likeness (QED) is 0.423. The van der Waals surface area contributed by atoms with Gasteiger partial charge in [-0.15, -0.1) is 0 Å². The van der Waals surface area contributed by atoms with E-state index in [0.717, 1.165) is 11.1 Å². The standard InChI is InChI=1S/C19H21N3O6/c1-12-6-5-7-13(2)19(12)28-11-18(23)21-20-10-14-8-15(22(24)25)17(27-4)9-16(14)26-3/h5-10H,11H2,1-4H3,(H,21,23). The van der Waals surface area contributed by atoms with E-state index < -0.39 is 10.8 Å². The third kappa shape index (κ3) is 4.97. The van der Waals surface area contributed by atoms with Gasteiger partial charge in [-0.05, 0) is 25.0 Å². The molecule has 0 atom stereocenters. The molecular formula is C19H21N3O6. The Morgan fingerprint density at radius 1 is 1.18 bits per heavy atom. The minimum atomic E-state index is -0.577. The average molecular weight is 387 g/mol. The van der Waals surface area contributed by atoms with E-state index in [-0.39, 0.29) is 18.0 Å². The lowest BCUT2D eigenvalue weighted by Gasteiger charge is -2.11. The van der Waals surface area contributed by atoms with Crippen LogP contribution in [0.1, 0.15) is 16.7 Å². The van der Waals surface area contributed by atoms with Gasteiger partial charge in [-0.3, -0.25) is 14.9 Å². The van der Waals surface area contributed by atoms with Gasteiger partial charge in [0.2, 0.25) is 5.75 Å². The highest BCUT2D eigenvalue weighted by atomic mass is 16.6. The molecule has 1 N–H and O–H groups in total. The van der Waals surface area contributed by atoms with Crippen molar-refractivity contribution in [1.29, 1.82) is 0 Å². The summed E-state index contributed by atoms with van der Waals surface area (Å²) in [6.45, 7) is 3.56. The summed E-state index contributed by atoms with van der Waals surface area (Å²) >= 11 is 0. The van der Waals surface area contributed by atoms with E-state index in [0.29, 0.717) is 17.1 Å². The predicted octanol–water partition coefficient (Wildman–Crippen LogP) is 2.76. The summed E-state index contributed by atoms with van der Waals surface area (Å²) in [5.74, 6) is 0.548. The summed E-state index contributed by atoms with van der Waals surface area (Å²) in [5.41, 5.74) is 4.23. The van der Waals surface area contributed by atoms with Gasteiger partial charge in [0.15, 0.2) is 6.61 Å². The maximum Gasteiger partial charge on any atom is 0.311 e. The highest BCUT2D eigenvalue weighted by Crippen LogP contribution is 2.33. The summed E-state index contributed by atoms with van der Waals surface area (Å²) in [5, 5.41) is 15.0. The highest BCUT2D eigenvalue weighted by Gasteiger charge is 2.19. The maximum absolute atomic E-state index is 11.9. The molecule has 0 bridgehead atoms. The molecule has 1 amide bonds. The third-order valence-corrected chi connectivity index (χ3v) is 3.88. The number of hydrogen-bond acceptors (Lipinski definition) is 7. The molecule has 0 unspecified atom stereocenters. The molecule has 148 valence electrons. The number of ether oxygens (including phenoxy) is 3. The van der Waals surface area contributed by atoms with E-state index in [4.69, 9.17) is 14.2 Å². The Hall–Kier alpha value is -3.62.